The fourth-order valence-electron chi connectivity index (χ4n) is 3.19. The minimum Gasteiger partial charge on any atom is -0.312 e. The zero-order valence-electron chi connectivity index (χ0n) is 13.8. The summed E-state index contributed by atoms with van der Waals surface area (Å²) in [5.74, 6) is 0. The van der Waals surface area contributed by atoms with Crippen LogP contribution in [-0.4, -0.2) is 42.1 Å². The van der Waals surface area contributed by atoms with Crippen LogP contribution in [0.25, 0.3) is 0 Å². The molecule has 3 heteroatoms. The molecule has 0 fully saturated rings. The van der Waals surface area contributed by atoms with Gasteiger partial charge in [-0.25, -0.2) is 0 Å². The van der Waals surface area contributed by atoms with E-state index in [0.29, 0.717) is 6.04 Å². The number of nitrogens with one attached hydrogen (secondary N) is 1. The van der Waals surface area contributed by atoms with Crippen molar-refractivity contribution in [2.45, 2.75) is 58.0 Å². The van der Waals surface area contributed by atoms with Crippen molar-refractivity contribution >= 4 is 0 Å². The van der Waals surface area contributed by atoms with E-state index in [1.807, 2.05) is 12.3 Å². The summed E-state index contributed by atoms with van der Waals surface area (Å²) in [4.78, 5) is 6.90. The summed E-state index contributed by atoms with van der Waals surface area (Å²) in [6.45, 7) is 7.87. The van der Waals surface area contributed by atoms with Gasteiger partial charge in [0.1, 0.15) is 0 Å². The Balaban J connectivity index is 2.97. The van der Waals surface area contributed by atoms with Crippen LogP contribution in [0.5, 0.6) is 0 Å². The zero-order valence-corrected chi connectivity index (χ0v) is 13.8. The van der Waals surface area contributed by atoms with E-state index in [9.17, 15) is 0 Å². The van der Waals surface area contributed by atoms with E-state index in [1.54, 1.807) is 0 Å². The summed E-state index contributed by atoms with van der Waals surface area (Å²) in [5, 5.41) is 3.76. The Kier molecular flexibility index (Phi) is 7.17. The highest BCUT2D eigenvalue weighted by molar-refractivity contribution is 5.09. The molecule has 1 rings (SSSR count). The van der Waals surface area contributed by atoms with Crippen molar-refractivity contribution in [2.24, 2.45) is 0 Å². The highest BCUT2D eigenvalue weighted by atomic mass is 15.2. The SMILES string of the molecule is CCCNC(Cc1ccccn1)C(CC)(CC)N(C)C. The standard InChI is InChI=1S/C17H31N3/c1-6-12-19-16(14-15-11-9-10-13-18-15)17(7-2,8-3)20(4)5/h9-11,13,16,19H,6-8,12,14H2,1-5H3. The lowest BCUT2D eigenvalue weighted by atomic mass is 9.80. The molecule has 1 heterocycles. The molecule has 0 spiro atoms. The second-order valence-electron chi connectivity index (χ2n) is 5.74. The fraction of sp³-hybridized carbons (Fsp3) is 0.706. The second kappa shape index (κ2) is 8.38. The molecule has 0 radical (unpaired) electrons. The predicted octanol–water partition coefficient (Wildman–Crippen LogP) is 3.11. The predicted molar refractivity (Wildman–Crippen MR) is 87.0 cm³/mol. The molecule has 0 bridgehead atoms. The third kappa shape index (κ3) is 4.03. The van der Waals surface area contributed by atoms with Crippen LogP contribution in [0.4, 0.5) is 0 Å². The van der Waals surface area contributed by atoms with Crippen molar-refractivity contribution in [1.29, 1.82) is 0 Å². The van der Waals surface area contributed by atoms with Gasteiger partial charge in [0.25, 0.3) is 0 Å². The van der Waals surface area contributed by atoms with Crippen molar-refractivity contribution in [3.05, 3.63) is 30.1 Å². The first-order valence-electron chi connectivity index (χ1n) is 7.91. The molecule has 1 unspecified atom stereocenters. The molecule has 0 saturated carbocycles. The molecule has 0 aliphatic rings. The summed E-state index contributed by atoms with van der Waals surface area (Å²) >= 11 is 0. The minimum atomic E-state index is 0.187. The van der Waals surface area contributed by atoms with Crippen LogP contribution in [0.15, 0.2) is 24.4 Å². The molecule has 0 saturated heterocycles. The van der Waals surface area contributed by atoms with E-state index in [1.165, 1.54) is 5.69 Å². The van der Waals surface area contributed by atoms with E-state index in [-0.39, 0.29) is 5.54 Å². The quantitative estimate of drug-likeness (QED) is 0.752. The Morgan fingerprint density at radius 3 is 2.35 bits per heavy atom. The number of aromatic nitrogens is 1. The van der Waals surface area contributed by atoms with Crippen LogP contribution < -0.4 is 5.32 Å². The molecule has 0 aliphatic heterocycles. The van der Waals surface area contributed by atoms with Crippen LogP contribution >= 0.6 is 0 Å². The zero-order chi connectivity index (χ0) is 15.0. The summed E-state index contributed by atoms with van der Waals surface area (Å²) in [6.07, 6.45) is 6.33. The van der Waals surface area contributed by atoms with Crippen LogP contribution in [-0.2, 0) is 6.42 Å². The third-order valence-corrected chi connectivity index (χ3v) is 4.54. The van der Waals surface area contributed by atoms with Crippen molar-refractivity contribution in [3.8, 4) is 0 Å². The van der Waals surface area contributed by atoms with Crippen molar-refractivity contribution in [1.82, 2.24) is 15.2 Å². The number of nitrogens with zero attached hydrogens (tertiary/aromatic N) is 2. The summed E-state index contributed by atoms with van der Waals surface area (Å²) < 4.78 is 0. The first-order valence-corrected chi connectivity index (χ1v) is 7.91. The molecule has 1 aromatic heterocycles. The maximum absolute atomic E-state index is 4.51. The average molecular weight is 277 g/mol. The molecule has 0 aromatic carbocycles. The van der Waals surface area contributed by atoms with Crippen LogP contribution in [0.2, 0.25) is 0 Å². The average Bonchev–Trinajstić information content (AvgIpc) is 2.47. The number of pyridine rings is 1. The Hall–Kier alpha value is -0.930. The van der Waals surface area contributed by atoms with Gasteiger partial charge in [0.15, 0.2) is 0 Å². The third-order valence-electron chi connectivity index (χ3n) is 4.54. The van der Waals surface area contributed by atoms with E-state index in [4.69, 9.17) is 0 Å². The maximum Gasteiger partial charge on any atom is 0.0419 e. The Bertz CT molecular complexity index is 358. The number of likely N-dealkylation sites (N-methyl/N-ethyl adjacent to an activating group) is 1. The lowest BCUT2D eigenvalue weighted by Gasteiger charge is -2.45. The summed E-state index contributed by atoms with van der Waals surface area (Å²) in [6, 6.07) is 6.62. The monoisotopic (exact) mass is 277 g/mol. The van der Waals surface area contributed by atoms with Crippen molar-refractivity contribution in [2.75, 3.05) is 20.6 Å². The molecule has 1 N–H and O–H groups in total. The largest absolute Gasteiger partial charge is 0.312 e. The molecule has 20 heavy (non-hydrogen) atoms. The lowest BCUT2D eigenvalue weighted by Crippen LogP contribution is -2.59. The lowest BCUT2D eigenvalue weighted by molar-refractivity contribution is 0.0877. The first-order chi connectivity index (χ1) is 9.60. The normalized spacial score (nSPS) is 13.7. The molecule has 0 amide bonds. The smallest absolute Gasteiger partial charge is 0.0419 e. The highest BCUT2D eigenvalue weighted by Gasteiger charge is 2.37. The molecule has 1 aromatic rings. The van der Waals surface area contributed by atoms with Crippen molar-refractivity contribution in [3.63, 3.8) is 0 Å². The first kappa shape index (κ1) is 17.1. The minimum absolute atomic E-state index is 0.187. The fourth-order valence-corrected chi connectivity index (χ4v) is 3.19. The van der Waals surface area contributed by atoms with Crippen LogP contribution in [0.1, 0.15) is 45.7 Å². The van der Waals surface area contributed by atoms with Gasteiger partial charge in [0.2, 0.25) is 0 Å². The van der Waals surface area contributed by atoms with E-state index in [0.717, 1.165) is 32.2 Å². The molecule has 3 nitrogen and oxygen atoms in total. The Labute approximate surface area is 124 Å². The van der Waals surface area contributed by atoms with E-state index < -0.39 is 0 Å². The van der Waals surface area contributed by atoms with Gasteiger partial charge in [-0.15, -0.1) is 0 Å². The Morgan fingerprint density at radius 2 is 1.90 bits per heavy atom. The van der Waals surface area contributed by atoms with Gasteiger partial charge in [-0.2, -0.15) is 0 Å². The summed E-state index contributed by atoms with van der Waals surface area (Å²) in [7, 11) is 4.40. The van der Waals surface area contributed by atoms with Crippen LogP contribution in [0.3, 0.4) is 0 Å². The number of hydrogen-bond acceptors (Lipinski definition) is 3. The van der Waals surface area contributed by atoms with Gasteiger partial charge < -0.3 is 10.2 Å². The molecular formula is C17H31N3. The van der Waals surface area contributed by atoms with Crippen molar-refractivity contribution < 1.29 is 0 Å². The molecule has 114 valence electrons. The summed E-state index contributed by atoms with van der Waals surface area (Å²) in [5.41, 5.74) is 1.36. The number of hydrogen-bond donors (Lipinski definition) is 1. The van der Waals surface area contributed by atoms with Gasteiger partial charge in [0, 0.05) is 29.9 Å². The molecule has 0 aliphatic carbocycles. The van der Waals surface area contributed by atoms with E-state index >= 15 is 0 Å². The van der Waals surface area contributed by atoms with Gasteiger partial charge in [0.05, 0.1) is 0 Å². The van der Waals surface area contributed by atoms with Gasteiger partial charge in [-0.1, -0.05) is 26.8 Å². The molecular weight excluding hydrogens is 246 g/mol. The van der Waals surface area contributed by atoms with Crippen LogP contribution in [0, 0.1) is 0 Å². The van der Waals surface area contributed by atoms with Gasteiger partial charge in [-0.05, 0) is 52.0 Å². The topological polar surface area (TPSA) is 28.2 Å². The molecule has 1 atom stereocenters. The van der Waals surface area contributed by atoms with E-state index in [2.05, 4.69) is 62.2 Å². The maximum atomic E-state index is 4.51. The number of rotatable bonds is 9. The van der Waals surface area contributed by atoms with Gasteiger partial charge in [-0.3, -0.25) is 4.98 Å². The Morgan fingerprint density at radius 1 is 1.20 bits per heavy atom. The highest BCUT2D eigenvalue weighted by Crippen LogP contribution is 2.27. The van der Waals surface area contributed by atoms with Gasteiger partial charge >= 0.3 is 0 Å². The second-order valence-corrected chi connectivity index (χ2v) is 5.74.